The van der Waals surface area contributed by atoms with Gasteiger partial charge in [-0.15, -0.1) is 0 Å². The Balaban J connectivity index is 1.86. The molecule has 3 rings (SSSR count). The standard InChI is InChI=1S/C22H28FN3O4/c1-12-11-15(5-6-17(12)23)24-21(29)18-13(2)19(25(4)14(18)3)20(28)22(30)26-9-7-16(27)8-10-26/h5-6,11,16,20,27-28H,7-10H2,1-4H3,(H,24,29). The maximum absolute atomic E-state index is 13.5. The second kappa shape index (κ2) is 8.57. The van der Waals surface area contributed by atoms with E-state index in [0.29, 0.717) is 59.7 Å². The molecule has 2 amide bonds. The number of anilines is 1. The Labute approximate surface area is 175 Å². The summed E-state index contributed by atoms with van der Waals surface area (Å²) < 4.78 is 15.1. The lowest BCUT2D eigenvalue weighted by atomic mass is 10.0. The van der Waals surface area contributed by atoms with Gasteiger partial charge in [0.05, 0.1) is 17.4 Å². The van der Waals surface area contributed by atoms with Crippen LogP contribution in [-0.4, -0.2) is 50.7 Å². The number of carbonyl (C=O) groups is 2. The fourth-order valence-corrected chi connectivity index (χ4v) is 4.01. The molecule has 1 saturated heterocycles. The largest absolute Gasteiger partial charge is 0.393 e. The van der Waals surface area contributed by atoms with Crippen LogP contribution in [0.2, 0.25) is 0 Å². The highest BCUT2D eigenvalue weighted by molar-refractivity contribution is 6.06. The molecule has 1 fully saturated rings. The van der Waals surface area contributed by atoms with Gasteiger partial charge in [0.25, 0.3) is 11.8 Å². The first-order valence-electron chi connectivity index (χ1n) is 10.00. The van der Waals surface area contributed by atoms with Crippen molar-refractivity contribution in [3.8, 4) is 0 Å². The molecule has 0 saturated carbocycles. The molecule has 3 N–H and O–H groups in total. The van der Waals surface area contributed by atoms with Crippen molar-refractivity contribution in [1.82, 2.24) is 9.47 Å². The molecule has 1 aliphatic heterocycles. The van der Waals surface area contributed by atoms with Gasteiger partial charge in [0, 0.05) is 31.5 Å². The molecule has 1 aromatic carbocycles. The molecule has 0 aliphatic carbocycles. The van der Waals surface area contributed by atoms with Crippen LogP contribution in [0.25, 0.3) is 0 Å². The maximum atomic E-state index is 13.5. The van der Waals surface area contributed by atoms with Gasteiger partial charge in [0.15, 0.2) is 6.10 Å². The zero-order chi connectivity index (χ0) is 22.2. The number of likely N-dealkylation sites (tertiary alicyclic amines) is 1. The summed E-state index contributed by atoms with van der Waals surface area (Å²) in [5, 5.41) is 23.2. The van der Waals surface area contributed by atoms with Gasteiger partial charge in [-0.3, -0.25) is 9.59 Å². The number of hydrogen-bond acceptors (Lipinski definition) is 4. The summed E-state index contributed by atoms with van der Waals surface area (Å²) in [4.78, 5) is 27.3. The number of hydrogen-bond donors (Lipinski definition) is 3. The zero-order valence-corrected chi connectivity index (χ0v) is 17.7. The molecule has 0 spiro atoms. The lowest BCUT2D eigenvalue weighted by Gasteiger charge is -2.31. The van der Waals surface area contributed by atoms with E-state index >= 15 is 0 Å². The predicted octanol–water partition coefficient (Wildman–Crippen LogP) is 2.36. The first-order valence-corrected chi connectivity index (χ1v) is 10.00. The number of aromatic nitrogens is 1. The van der Waals surface area contributed by atoms with Crippen molar-refractivity contribution >= 4 is 17.5 Å². The quantitative estimate of drug-likeness (QED) is 0.712. The Morgan fingerprint density at radius 2 is 1.83 bits per heavy atom. The van der Waals surface area contributed by atoms with Crippen molar-refractivity contribution < 1.29 is 24.2 Å². The Hall–Kier alpha value is -2.71. The number of aryl methyl sites for hydroxylation is 1. The lowest BCUT2D eigenvalue weighted by Crippen LogP contribution is -2.42. The lowest BCUT2D eigenvalue weighted by molar-refractivity contribution is -0.142. The number of carbonyl (C=O) groups excluding carboxylic acids is 2. The van der Waals surface area contributed by atoms with Crippen LogP contribution in [-0.2, 0) is 11.8 Å². The fraction of sp³-hybridized carbons (Fsp3) is 0.455. The summed E-state index contributed by atoms with van der Waals surface area (Å²) in [6.45, 7) is 5.83. The molecular formula is C22H28FN3O4. The van der Waals surface area contributed by atoms with Crippen molar-refractivity contribution in [2.45, 2.75) is 45.8 Å². The van der Waals surface area contributed by atoms with Crippen molar-refractivity contribution in [2.24, 2.45) is 7.05 Å². The van der Waals surface area contributed by atoms with Crippen LogP contribution in [0.1, 0.15) is 51.8 Å². The number of aliphatic hydroxyl groups excluding tert-OH is 2. The SMILES string of the molecule is Cc1cc(NC(=O)c2c(C)c(C(O)C(=O)N3CCC(O)CC3)n(C)c2C)ccc1F. The Morgan fingerprint density at radius 3 is 2.43 bits per heavy atom. The molecule has 1 aromatic heterocycles. The molecule has 1 aliphatic rings. The first kappa shape index (κ1) is 22.0. The van der Waals surface area contributed by atoms with Gasteiger partial charge in [-0.25, -0.2) is 4.39 Å². The van der Waals surface area contributed by atoms with Gasteiger partial charge in [0.2, 0.25) is 0 Å². The molecule has 1 unspecified atom stereocenters. The van der Waals surface area contributed by atoms with Crippen molar-refractivity contribution in [2.75, 3.05) is 18.4 Å². The zero-order valence-electron chi connectivity index (χ0n) is 17.7. The number of nitrogens with zero attached hydrogens (tertiary/aromatic N) is 2. The third-order valence-corrected chi connectivity index (χ3v) is 5.90. The van der Waals surface area contributed by atoms with Gasteiger partial charge in [-0.1, -0.05) is 0 Å². The number of nitrogens with one attached hydrogen (secondary N) is 1. The third-order valence-electron chi connectivity index (χ3n) is 5.90. The molecule has 8 heteroatoms. The average Bonchev–Trinajstić information content (AvgIpc) is 2.93. The second-order valence-corrected chi connectivity index (χ2v) is 7.91. The molecule has 162 valence electrons. The number of piperidine rings is 1. The van der Waals surface area contributed by atoms with Gasteiger partial charge >= 0.3 is 0 Å². The second-order valence-electron chi connectivity index (χ2n) is 7.91. The molecule has 0 radical (unpaired) electrons. The summed E-state index contributed by atoms with van der Waals surface area (Å²) in [7, 11) is 1.70. The van der Waals surface area contributed by atoms with Crippen molar-refractivity contribution in [3.05, 3.63) is 52.1 Å². The van der Waals surface area contributed by atoms with E-state index in [1.165, 1.54) is 12.1 Å². The van der Waals surface area contributed by atoms with E-state index < -0.39 is 24.0 Å². The number of halogens is 1. The first-order chi connectivity index (χ1) is 14.1. The number of aliphatic hydroxyl groups is 2. The Bertz CT molecular complexity index is 977. The summed E-state index contributed by atoms with van der Waals surface area (Å²) in [5.41, 5.74) is 2.75. The number of benzene rings is 1. The summed E-state index contributed by atoms with van der Waals surface area (Å²) in [6.07, 6.45) is -0.864. The Kier molecular flexibility index (Phi) is 6.28. The summed E-state index contributed by atoms with van der Waals surface area (Å²) in [6, 6.07) is 4.32. The van der Waals surface area contributed by atoms with Crippen LogP contribution in [0.3, 0.4) is 0 Å². The normalized spacial score (nSPS) is 15.9. The highest BCUT2D eigenvalue weighted by atomic mass is 19.1. The van der Waals surface area contributed by atoms with Crippen molar-refractivity contribution in [1.29, 1.82) is 0 Å². The topological polar surface area (TPSA) is 94.8 Å². The fourth-order valence-electron chi connectivity index (χ4n) is 4.01. The van der Waals surface area contributed by atoms with Crippen LogP contribution in [0, 0.1) is 26.6 Å². The van der Waals surface area contributed by atoms with E-state index in [-0.39, 0.29) is 5.82 Å². The molecule has 2 aromatic rings. The van der Waals surface area contributed by atoms with Crippen LogP contribution in [0.15, 0.2) is 18.2 Å². The van der Waals surface area contributed by atoms with E-state index in [9.17, 15) is 24.2 Å². The minimum Gasteiger partial charge on any atom is -0.393 e. The van der Waals surface area contributed by atoms with Gasteiger partial charge in [0.1, 0.15) is 5.82 Å². The molecule has 0 bridgehead atoms. The van der Waals surface area contributed by atoms with Crippen LogP contribution >= 0.6 is 0 Å². The third kappa shape index (κ3) is 4.11. The van der Waals surface area contributed by atoms with Gasteiger partial charge in [-0.05, 0) is 62.9 Å². The number of amides is 2. The monoisotopic (exact) mass is 417 g/mol. The average molecular weight is 417 g/mol. The van der Waals surface area contributed by atoms with Crippen LogP contribution < -0.4 is 5.32 Å². The summed E-state index contributed by atoms with van der Waals surface area (Å²) >= 11 is 0. The van der Waals surface area contributed by atoms with E-state index in [0.717, 1.165) is 0 Å². The van der Waals surface area contributed by atoms with E-state index in [1.807, 2.05) is 0 Å². The van der Waals surface area contributed by atoms with Crippen LogP contribution in [0.4, 0.5) is 10.1 Å². The van der Waals surface area contributed by atoms with Gasteiger partial charge < -0.3 is 25.0 Å². The minimum atomic E-state index is -1.40. The number of rotatable bonds is 4. The molecule has 2 heterocycles. The molecule has 30 heavy (non-hydrogen) atoms. The smallest absolute Gasteiger partial charge is 0.257 e. The van der Waals surface area contributed by atoms with E-state index in [4.69, 9.17) is 0 Å². The van der Waals surface area contributed by atoms with Gasteiger partial charge in [-0.2, -0.15) is 0 Å². The highest BCUT2D eigenvalue weighted by Crippen LogP contribution is 2.29. The summed E-state index contributed by atoms with van der Waals surface area (Å²) in [5.74, 6) is -1.18. The predicted molar refractivity (Wildman–Crippen MR) is 111 cm³/mol. The highest BCUT2D eigenvalue weighted by Gasteiger charge is 2.32. The van der Waals surface area contributed by atoms with E-state index in [1.54, 1.807) is 43.4 Å². The maximum Gasteiger partial charge on any atom is 0.257 e. The van der Waals surface area contributed by atoms with E-state index in [2.05, 4.69) is 5.32 Å². The van der Waals surface area contributed by atoms with Crippen LogP contribution in [0.5, 0.6) is 0 Å². The Morgan fingerprint density at radius 1 is 1.20 bits per heavy atom. The molecular weight excluding hydrogens is 389 g/mol. The molecule has 7 nitrogen and oxygen atoms in total. The molecule has 1 atom stereocenters. The van der Waals surface area contributed by atoms with Crippen molar-refractivity contribution in [3.63, 3.8) is 0 Å². The minimum absolute atomic E-state index is 0.353.